The Morgan fingerprint density at radius 2 is 1.50 bits per heavy atom. The number of carbonyl (C=O) groups excluding carboxylic acids is 1. The Kier molecular flexibility index (Phi) is 6.50. The molecule has 0 aliphatic carbocycles. The molecule has 1 heterocycles. The van der Waals surface area contributed by atoms with Gasteiger partial charge in [0.1, 0.15) is 0 Å². The smallest absolute Gasteiger partial charge is 0.290 e. The van der Waals surface area contributed by atoms with E-state index in [0.717, 1.165) is 34.7 Å². The zero-order valence-electron chi connectivity index (χ0n) is 15.7. The zero-order chi connectivity index (χ0) is 19.8. The lowest BCUT2D eigenvalue weighted by Crippen LogP contribution is -2.39. The van der Waals surface area contributed by atoms with E-state index in [-0.39, 0.29) is 12.5 Å². The number of nitrogens with zero attached hydrogens (tertiary/aromatic N) is 1. The Hall–Kier alpha value is -3.50. The highest BCUT2D eigenvalue weighted by Crippen LogP contribution is 2.22. The van der Waals surface area contributed by atoms with Crippen LogP contribution < -0.4 is 9.88 Å². The van der Waals surface area contributed by atoms with Crippen molar-refractivity contribution in [3.8, 4) is 11.1 Å². The van der Waals surface area contributed by atoms with Crippen molar-refractivity contribution in [2.45, 2.75) is 6.54 Å². The van der Waals surface area contributed by atoms with Gasteiger partial charge >= 0.3 is 0 Å². The molecule has 1 aromatic heterocycles. The molecule has 0 bridgehead atoms. The molecule has 0 unspecified atom stereocenters. The number of pyridine rings is 1. The number of rotatable bonds is 4. The molecule has 0 saturated heterocycles. The van der Waals surface area contributed by atoms with Crippen LogP contribution in [0.15, 0.2) is 97.3 Å². The lowest BCUT2D eigenvalue weighted by molar-refractivity contribution is -0.683. The first-order valence-electron chi connectivity index (χ1n) is 9.06. The van der Waals surface area contributed by atoms with Gasteiger partial charge in [-0.2, -0.15) is 4.57 Å². The standard InChI is InChI=1S/C23H18N2O.CH4O/c26-23(24-22-14-6-11-19-10-4-5-13-21(19)22)17-25-15-7-12-20(16-25)18-8-2-1-3-9-18;1-2/h1-16H,17H2;2H,1H3/p+1. The van der Waals surface area contributed by atoms with E-state index in [1.165, 1.54) is 0 Å². The van der Waals surface area contributed by atoms with Gasteiger partial charge in [-0.25, -0.2) is 0 Å². The van der Waals surface area contributed by atoms with Crippen LogP contribution in [0.25, 0.3) is 21.9 Å². The van der Waals surface area contributed by atoms with Gasteiger partial charge in [-0.05, 0) is 23.1 Å². The Bertz CT molecular complexity index is 1060. The maximum Gasteiger partial charge on any atom is 0.290 e. The van der Waals surface area contributed by atoms with Crippen LogP contribution in [0.3, 0.4) is 0 Å². The second-order valence-corrected chi connectivity index (χ2v) is 6.21. The quantitative estimate of drug-likeness (QED) is 0.532. The third kappa shape index (κ3) is 4.61. The molecular weight excluding hydrogens is 348 g/mol. The summed E-state index contributed by atoms with van der Waals surface area (Å²) in [5.41, 5.74) is 3.07. The van der Waals surface area contributed by atoms with Crippen molar-refractivity contribution in [1.82, 2.24) is 0 Å². The molecule has 140 valence electrons. The molecule has 1 amide bonds. The molecule has 0 atom stereocenters. The van der Waals surface area contributed by atoms with Crippen LogP contribution in [-0.4, -0.2) is 18.1 Å². The molecule has 4 heteroatoms. The number of nitrogens with one attached hydrogen (secondary N) is 1. The first kappa shape index (κ1) is 19.3. The minimum Gasteiger partial charge on any atom is -0.400 e. The molecule has 28 heavy (non-hydrogen) atoms. The molecule has 0 saturated carbocycles. The third-order valence-corrected chi connectivity index (χ3v) is 4.36. The van der Waals surface area contributed by atoms with Crippen LogP contribution in [-0.2, 0) is 11.3 Å². The number of hydrogen-bond acceptors (Lipinski definition) is 2. The lowest BCUT2D eigenvalue weighted by Gasteiger charge is -2.07. The molecule has 2 N–H and O–H groups in total. The summed E-state index contributed by atoms with van der Waals surface area (Å²) >= 11 is 0. The van der Waals surface area contributed by atoms with Gasteiger partial charge in [0, 0.05) is 29.8 Å². The predicted molar refractivity (Wildman–Crippen MR) is 113 cm³/mol. The van der Waals surface area contributed by atoms with Gasteiger partial charge in [-0.15, -0.1) is 0 Å². The van der Waals surface area contributed by atoms with Crippen molar-refractivity contribution in [3.05, 3.63) is 97.3 Å². The van der Waals surface area contributed by atoms with Crippen LogP contribution in [0.2, 0.25) is 0 Å². The number of amides is 1. The average molecular weight is 371 g/mol. The van der Waals surface area contributed by atoms with Crippen molar-refractivity contribution in [2.24, 2.45) is 0 Å². The zero-order valence-corrected chi connectivity index (χ0v) is 15.7. The molecular formula is C24H23N2O2+. The highest BCUT2D eigenvalue weighted by atomic mass is 16.2. The van der Waals surface area contributed by atoms with Crippen LogP contribution in [0, 0.1) is 0 Å². The number of hydrogen-bond donors (Lipinski definition) is 2. The summed E-state index contributed by atoms with van der Waals surface area (Å²) in [6.07, 6.45) is 3.91. The van der Waals surface area contributed by atoms with Crippen molar-refractivity contribution in [3.63, 3.8) is 0 Å². The minimum atomic E-state index is -0.0448. The van der Waals surface area contributed by atoms with Crippen molar-refractivity contribution >= 4 is 22.4 Å². The molecule has 4 nitrogen and oxygen atoms in total. The number of anilines is 1. The highest BCUT2D eigenvalue weighted by molar-refractivity contribution is 6.01. The monoisotopic (exact) mass is 371 g/mol. The van der Waals surface area contributed by atoms with E-state index >= 15 is 0 Å². The average Bonchev–Trinajstić information content (AvgIpc) is 2.76. The van der Waals surface area contributed by atoms with Crippen molar-refractivity contribution < 1.29 is 14.5 Å². The third-order valence-electron chi connectivity index (χ3n) is 4.36. The summed E-state index contributed by atoms with van der Waals surface area (Å²) in [6.45, 7) is 0.268. The summed E-state index contributed by atoms with van der Waals surface area (Å²) < 4.78 is 1.91. The van der Waals surface area contributed by atoms with Crippen LogP contribution in [0.4, 0.5) is 5.69 Å². The van der Waals surface area contributed by atoms with E-state index in [2.05, 4.69) is 23.5 Å². The van der Waals surface area contributed by atoms with E-state index in [4.69, 9.17) is 5.11 Å². The fourth-order valence-electron chi connectivity index (χ4n) is 3.11. The van der Waals surface area contributed by atoms with E-state index in [9.17, 15) is 4.79 Å². The normalized spacial score (nSPS) is 10.1. The Morgan fingerprint density at radius 1 is 0.821 bits per heavy atom. The topological polar surface area (TPSA) is 53.2 Å². The SMILES string of the molecule is CO.O=C(C[n+]1cccc(-c2ccccc2)c1)Nc1cccc2ccccc12. The van der Waals surface area contributed by atoms with Gasteiger partial charge in [-0.3, -0.25) is 4.79 Å². The minimum absolute atomic E-state index is 0.0448. The Morgan fingerprint density at radius 3 is 2.32 bits per heavy atom. The lowest BCUT2D eigenvalue weighted by atomic mass is 10.1. The van der Waals surface area contributed by atoms with E-state index in [0.29, 0.717) is 0 Å². The molecule has 4 aromatic rings. The molecule has 0 aliphatic rings. The molecule has 4 rings (SSSR count). The highest BCUT2D eigenvalue weighted by Gasteiger charge is 2.12. The summed E-state index contributed by atoms with van der Waals surface area (Å²) in [5.74, 6) is -0.0448. The second kappa shape index (κ2) is 9.44. The molecule has 0 spiro atoms. The summed E-state index contributed by atoms with van der Waals surface area (Å²) in [7, 11) is 1.00. The van der Waals surface area contributed by atoms with Gasteiger partial charge in [0.05, 0.1) is 0 Å². The first-order chi connectivity index (χ1) is 13.8. The van der Waals surface area contributed by atoms with Gasteiger partial charge in [0.15, 0.2) is 12.4 Å². The fraction of sp³-hybridized carbons (Fsp3) is 0.0833. The predicted octanol–water partition coefficient (Wildman–Crippen LogP) is 4.04. The van der Waals surface area contributed by atoms with Gasteiger partial charge in [-0.1, -0.05) is 66.7 Å². The molecule has 3 aromatic carbocycles. The summed E-state index contributed by atoms with van der Waals surface area (Å²) in [5, 5.41) is 12.2. The van der Waals surface area contributed by atoms with E-state index < -0.39 is 0 Å². The van der Waals surface area contributed by atoms with E-state index in [1.54, 1.807) is 0 Å². The van der Waals surface area contributed by atoms with Gasteiger partial charge in [0.2, 0.25) is 6.54 Å². The Labute approximate surface area is 164 Å². The van der Waals surface area contributed by atoms with Gasteiger partial charge in [0.25, 0.3) is 5.91 Å². The van der Waals surface area contributed by atoms with Crippen molar-refractivity contribution in [2.75, 3.05) is 12.4 Å². The number of aliphatic hydroxyl groups is 1. The number of aromatic nitrogens is 1. The van der Waals surface area contributed by atoms with Crippen molar-refractivity contribution in [1.29, 1.82) is 0 Å². The molecule has 0 radical (unpaired) electrons. The second-order valence-electron chi connectivity index (χ2n) is 6.21. The van der Waals surface area contributed by atoms with Crippen LogP contribution in [0.5, 0.6) is 0 Å². The Balaban J connectivity index is 0.00000109. The number of benzene rings is 3. The maximum absolute atomic E-state index is 12.5. The molecule has 0 fully saturated rings. The summed E-state index contributed by atoms with van der Waals surface area (Å²) in [4.78, 5) is 12.5. The number of aliphatic hydroxyl groups excluding tert-OH is 1. The number of fused-ring (bicyclic) bond motifs is 1. The summed E-state index contributed by atoms with van der Waals surface area (Å²) in [6, 6.07) is 28.2. The van der Waals surface area contributed by atoms with Crippen LogP contribution in [0.1, 0.15) is 0 Å². The number of carbonyl (C=O) groups is 1. The molecule has 0 aliphatic heterocycles. The fourth-order valence-corrected chi connectivity index (χ4v) is 3.11. The van der Waals surface area contributed by atoms with Gasteiger partial charge < -0.3 is 10.4 Å². The first-order valence-corrected chi connectivity index (χ1v) is 9.06. The van der Waals surface area contributed by atoms with Crippen LogP contribution >= 0.6 is 0 Å². The maximum atomic E-state index is 12.5. The largest absolute Gasteiger partial charge is 0.400 e. The van der Waals surface area contributed by atoms with E-state index in [1.807, 2.05) is 83.7 Å².